The van der Waals surface area contributed by atoms with Gasteiger partial charge in [0.1, 0.15) is 0 Å². The van der Waals surface area contributed by atoms with E-state index in [9.17, 15) is 4.79 Å². The normalized spacial score (nSPS) is 16.0. The lowest BCUT2D eigenvalue weighted by molar-refractivity contribution is 0.0925. The summed E-state index contributed by atoms with van der Waals surface area (Å²) < 4.78 is 1.54. The first-order chi connectivity index (χ1) is 13.2. The molecule has 0 saturated carbocycles. The number of likely N-dealkylation sites (tertiary alicyclic amines) is 1. The highest BCUT2D eigenvalue weighted by Crippen LogP contribution is 2.25. The van der Waals surface area contributed by atoms with Crippen molar-refractivity contribution in [1.82, 2.24) is 14.7 Å². The lowest BCUT2D eigenvalue weighted by atomic mass is 9.90. The standard InChI is InChI=1S/C23H27N3O/c1-18(27)26-23-10-6-5-9-21(23)22(24-26)17-25-15-13-20(14-16-25)12-11-19-7-3-2-4-8-19/h2-10,20H,11-17H2,1H3. The van der Waals surface area contributed by atoms with E-state index in [0.29, 0.717) is 0 Å². The van der Waals surface area contributed by atoms with E-state index >= 15 is 0 Å². The van der Waals surface area contributed by atoms with Crippen molar-refractivity contribution in [3.05, 3.63) is 65.9 Å². The number of hydrogen-bond acceptors (Lipinski definition) is 3. The summed E-state index contributed by atoms with van der Waals surface area (Å²) in [6, 6.07) is 18.8. The molecule has 2 heterocycles. The van der Waals surface area contributed by atoms with Crippen molar-refractivity contribution in [2.75, 3.05) is 13.1 Å². The molecule has 1 fully saturated rings. The van der Waals surface area contributed by atoms with Gasteiger partial charge in [-0.25, -0.2) is 4.68 Å². The number of rotatable bonds is 5. The van der Waals surface area contributed by atoms with Gasteiger partial charge in [0.05, 0.1) is 11.2 Å². The smallest absolute Gasteiger partial charge is 0.244 e. The molecule has 0 atom stereocenters. The van der Waals surface area contributed by atoms with E-state index in [0.717, 1.165) is 42.1 Å². The molecule has 1 aliphatic rings. The van der Waals surface area contributed by atoms with Crippen molar-refractivity contribution < 1.29 is 4.79 Å². The van der Waals surface area contributed by atoms with Crippen LogP contribution in [0, 0.1) is 5.92 Å². The second-order valence-corrected chi connectivity index (χ2v) is 7.64. The third-order valence-electron chi connectivity index (χ3n) is 5.73. The lowest BCUT2D eigenvalue weighted by Gasteiger charge is -2.31. The maximum absolute atomic E-state index is 11.9. The monoisotopic (exact) mass is 361 g/mol. The van der Waals surface area contributed by atoms with Crippen LogP contribution in [0.1, 0.15) is 42.2 Å². The molecule has 1 aliphatic heterocycles. The van der Waals surface area contributed by atoms with E-state index in [1.165, 1.54) is 35.9 Å². The minimum atomic E-state index is -0.0305. The molecule has 0 spiro atoms. The number of fused-ring (bicyclic) bond motifs is 1. The first-order valence-corrected chi connectivity index (χ1v) is 9.94. The van der Waals surface area contributed by atoms with Gasteiger partial charge < -0.3 is 0 Å². The number of aryl methyl sites for hydroxylation is 1. The summed E-state index contributed by atoms with van der Waals surface area (Å²) in [4.78, 5) is 14.4. The Hall–Kier alpha value is -2.46. The van der Waals surface area contributed by atoms with Crippen LogP contribution in [-0.2, 0) is 13.0 Å². The highest BCUT2D eigenvalue weighted by Gasteiger charge is 2.21. The van der Waals surface area contributed by atoms with E-state index in [-0.39, 0.29) is 5.91 Å². The van der Waals surface area contributed by atoms with E-state index in [2.05, 4.69) is 46.4 Å². The summed E-state index contributed by atoms with van der Waals surface area (Å²) in [5.41, 5.74) is 3.38. The van der Waals surface area contributed by atoms with Crippen LogP contribution in [0.15, 0.2) is 54.6 Å². The largest absolute Gasteiger partial charge is 0.297 e. The molecule has 27 heavy (non-hydrogen) atoms. The molecule has 4 rings (SSSR count). The van der Waals surface area contributed by atoms with E-state index in [1.807, 2.05) is 18.2 Å². The third-order valence-corrected chi connectivity index (χ3v) is 5.73. The molecule has 2 aromatic carbocycles. The van der Waals surface area contributed by atoms with Crippen LogP contribution in [0.3, 0.4) is 0 Å². The molecule has 0 N–H and O–H groups in total. The molecular formula is C23H27N3O. The molecule has 3 aromatic rings. The topological polar surface area (TPSA) is 38.1 Å². The molecule has 4 heteroatoms. The zero-order valence-electron chi connectivity index (χ0n) is 16.0. The lowest BCUT2D eigenvalue weighted by Crippen LogP contribution is -2.33. The van der Waals surface area contributed by atoms with Crippen LogP contribution in [0.2, 0.25) is 0 Å². The fraction of sp³-hybridized carbons (Fsp3) is 0.391. The molecule has 0 radical (unpaired) electrons. The second kappa shape index (κ2) is 8.05. The van der Waals surface area contributed by atoms with Crippen LogP contribution < -0.4 is 0 Å². The van der Waals surface area contributed by atoms with Gasteiger partial charge >= 0.3 is 0 Å². The quantitative estimate of drug-likeness (QED) is 0.669. The second-order valence-electron chi connectivity index (χ2n) is 7.64. The van der Waals surface area contributed by atoms with Gasteiger partial charge in [0, 0.05) is 18.9 Å². The van der Waals surface area contributed by atoms with Gasteiger partial charge in [-0.3, -0.25) is 9.69 Å². The Morgan fingerprint density at radius 1 is 1.04 bits per heavy atom. The summed E-state index contributed by atoms with van der Waals surface area (Å²) in [7, 11) is 0. The van der Waals surface area contributed by atoms with Crippen molar-refractivity contribution in [3.63, 3.8) is 0 Å². The van der Waals surface area contributed by atoms with Crippen LogP contribution in [-0.4, -0.2) is 33.7 Å². The number of carbonyl (C=O) groups excluding carboxylic acids is 1. The van der Waals surface area contributed by atoms with Gasteiger partial charge in [0.2, 0.25) is 5.91 Å². The number of nitrogens with zero attached hydrogens (tertiary/aromatic N) is 3. The molecule has 0 bridgehead atoms. The maximum Gasteiger partial charge on any atom is 0.244 e. The Bertz CT molecular complexity index is 908. The summed E-state index contributed by atoms with van der Waals surface area (Å²) in [6.45, 7) is 4.62. The van der Waals surface area contributed by atoms with Gasteiger partial charge in [-0.1, -0.05) is 48.5 Å². The Morgan fingerprint density at radius 2 is 1.74 bits per heavy atom. The zero-order chi connectivity index (χ0) is 18.6. The Kier molecular flexibility index (Phi) is 5.35. The number of para-hydroxylation sites is 1. The molecule has 140 valence electrons. The highest BCUT2D eigenvalue weighted by molar-refractivity contribution is 5.91. The summed E-state index contributed by atoms with van der Waals surface area (Å²) in [5, 5.41) is 5.70. The van der Waals surface area contributed by atoms with Crippen molar-refractivity contribution in [1.29, 1.82) is 0 Å². The van der Waals surface area contributed by atoms with Crippen molar-refractivity contribution in [2.24, 2.45) is 5.92 Å². The van der Waals surface area contributed by atoms with Crippen molar-refractivity contribution in [2.45, 2.75) is 39.2 Å². The molecule has 0 unspecified atom stereocenters. The predicted molar refractivity (Wildman–Crippen MR) is 109 cm³/mol. The third kappa shape index (κ3) is 4.11. The molecule has 0 aliphatic carbocycles. The molecule has 4 nitrogen and oxygen atoms in total. The van der Waals surface area contributed by atoms with Gasteiger partial charge in [0.15, 0.2) is 0 Å². The Morgan fingerprint density at radius 3 is 2.48 bits per heavy atom. The fourth-order valence-corrected chi connectivity index (χ4v) is 4.15. The number of aromatic nitrogens is 2. The molecular weight excluding hydrogens is 334 g/mol. The fourth-order valence-electron chi connectivity index (χ4n) is 4.15. The minimum absolute atomic E-state index is 0.0305. The van der Waals surface area contributed by atoms with Crippen molar-refractivity contribution >= 4 is 16.8 Å². The Balaban J connectivity index is 1.36. The average Bonchev–Trinajstić information content (AvgIpc) is 3.07. The van der Waals surface area contributed by atoms with E-state index < -0.39 is 0 Å². The van der Waals surface area contributed by atoms with Crippen LogP contribution >= 0.6 is 0 Å². The van der Waals surface area contributed by atoms with Gasteiger partial charge in [0.25, 0.3) is 0 Å². The molecule has 1 saturated heterocycles. The first kappa shape index (κ1) is 17.9. The predicted octanol–water partition coefficient (Wildman–Crippen LogP) is 4.54. The number of benzene rings is 2. The first-order valence-electron chi connectivity index (χ1n) is 9.94. The van der Waals surface area contributed by atoms with Crippen molar-refractivity contribution in [3.8, 4) is 0 Å². The minimum Gasteiger partial charge on any atom is -0.297 e. The Labute approximate surface area is 160 Å². The van der Waals surface area contributed by atoms with Crippen LogP contribution in [0.5, 0.6) is 0 Å². The SMILES string of the molecule is CC(=O)n1nc(CN2CCC(CCc3ccccc3)CC2)c2ccccc21. The number of carbonyl (C=O) groups is 1. The number of hydrogen-bond donors (Lipinski definition) is 0. The summed E-state index contributed by atoms with van der Waals surface area (Å²) in [5.74, 6) is 0.782. The van der Waals surface area contributed by atoms with Crippen LogP contribution in [0.4, 0.5) is 0 Å². The van der Waals surface area contributed by atoms with Crippen LogP contribution in [0.25, 0.3) is 10.9 Å². The average molecular weight is 361 g/mol. The van der Waals surface area contributed by atoms with E-state index in [4.69, 9.17) is 0 Å². The summed E-state index contributed by atoms with van der Waals surface area (Å²) in [6.07, 6.45) is 4.95. The maximum atomic E-state index is 11.9. The van der Waals surface area contributed by atoms with Gasteiger partial charge in [-0.05, 0) is 56.3 Å². The van der Waals surface area contributed by atoms with E-state index in [1.54, 1.807) is 6.92 Å². The van der Waals surface area contributed by atoms with Gasteiger partial charge in [-0.15, -0.1) is 0 Å². The zero-order valence-corrected chi connectivity index (χ0v) is 16.0. The number of piperidine rings is 1. The molecule has 0 amide bonds. The highest BCUT2D eigenvalue weighted by atomic mass is 16.2. The molecule has 1 aromatic heterocycles. The van der Waals surface area contributed by atoms with Gasteiger partial charge in [-0.2, -0.15) is 5.10 Å². The summed E-state index contributed by atoms with van der Waals surface area (Å²) >= 11 is 0.